The molecule has 216 valence electrons. The molecule has 4 aromatic rings. The van der Waals surface area contributed by atoms with Crippen LogP contribution < -0.4 is 0 Å². The van der Waals surface area contributed by atoms with Gasteiger partial charge in [0.05, 0.1) is 0 Å². The Hall–Kier alpha value is -3.12. The summed E-state index contributed by atoms with van der Waals surface area (Å²) in [6, 6.07) is 34.4. The number of unbranched alkanes of at least 4 members (excludes halogenated alkanes) is 2. The van der Waals surface area contributed by atoms with E-state index in [1.54, 1.807) is 22.3 Å². The molecule has 0 radical (unpaired) electrons. The van der Waals surface area contributed by atoms with Crippen molar-refractivity contribution in [2.45, 2.75) is 115 Å². The molecule has 2 saturated carbocycles. The van der Waals surface area contributed by atoms with E-state index in [-0.39, 0.29) is 10.8 Å². The zero-order chi connectivity index (χ0) is 28.9. The van der Waals surface area contributed by atoms with Crippen molar-refractivity contribution in [3.63, 3.8) is 0 Å². The maximum Gasteiger partial charge on any atom is 0.00683 e. The second-order valence-electron chi connectivity index (χ2n) is 14.2. The Morgan fingerprint density at radius 2 is 0.905 bits per heavy atom. The average molecular weight is 553 g/mol. The zero-order valence-corrected chi connectivity index (χ0v) is 26.3. The summed E-state index contributed by atoms with van der Waals surface area (Å²) in [4.78, 5) is 0. The summed E-state index contributed by atoms with van der Waals surface area (Å²) < 4.78 is 0. The normalized spacial score (nSPS) is 25.5. The van der Waals surface area contributed by atoms with Gasteiger partial charge in [0, 0.05) is 10.8 Å². The lowest BCUT2D eigenvalue weighted by Gasteiger charge is -2.48. The van der Waals surface area contributed by atoms with Gasteiger partial charge in [-0.15, -0.1) is 0 Å². The van der Waals surface area contributed by atoms with Gasteiger partial charge in [0.25, 0.3) is 0 Å². The van der Waals surface area contributed by atoms with Gasteiger partial charge in [-0.2, -0.15) is 0 Å². The molecule has 0 heterocycles. The van der Waals surface area contributed by atoms with Gasteiger partial charge in [-0.1, -0.05) is 123 Å². The summed E-state index contributed by atoms with van der Waals surface area (Å²) in [6.07, 6.45) is 12.5. The topological polar surface area (TPSA) is 0 Å². The van der Waals surface area contributed by atoms with Crippen LogP contribution in [-0.2, 0) is 23.7 Å². The quantitative estimate of drug-likeness (QED) is 0.204. The smallest absolute Gasteiger partial charge is 0.00683 e. The van der Waals surface area contributed by atoms with Crippen LogP contribution in [-0.4, -0.2) is 0 Å². The molecule has 0 nitrogen and oxygen atoms in total. The number of hydrogen-bond acceptors (Lipinski definition) is 0. The monoisotopic (exact) mass is 552 g/mol. The van der Waals surface area contributed by atoms with Gasteiger partial charge in [0.15, 0.2) is 0 Å². The van der Waals surface area contributed by atoms with E-state index in [9.17, 15) is 0 Å². The number of rotatable bonds is 8. The lowest BCUT2D eigenvalue weighted by atomic mass is 9.55. The first-order valence-electron chi connectivity index (χ1n) is 16.9. The molecule has 0 saturated heterocycles. The number of benzene rings is 4. The van der Waals surface area contributed by atoms with Crippen molar-refractivity contribution in [3.8, 4) is 11.1 Å². The summed E-state index contributed by atoms with van der Waals surface area (Å²) in [7, 11) is 0. The molecule has 4 aromatic carbocycles. The fraction of sp³-hybridized carbons (Fsp3) is 0.429. The molecule has 0 heteroatoms. The maximum absolute atomic E-state index is 2.58. The third kappa shape index (κ3) is 4.40. The van der Waals surface area contributed by atoms with E-state index >= 15 is 0 Å². The van der Waals surface area contributed by atoms with Crippen LogP contribution in [0.4, 0.5) is 0 Å². The number of aryl methyl sites for hydroxylation is 4. The summed E-state index contributed by atoms with van der Waals surface area (Å²) >= 11 is 0. The zero-order valence-electron chi connectivity index (χ0n) is 26.3. The van der Waals surface area contributed by atoms with Gasteiger partial charge in [-0.25, -0.2) is 0 Å². The van der Waals surface area contributed by atoms with Crippen LogP contribution in [0.15, 0.2) is 84.9 Å². The Morgan fingerprint density at radius 3 is 1.26 bits per heavy atom. The Morgan fingerprint density at radius 1 is 0.524 bits per heavy atom. The van der Waals surface area contributed by atoms with Crippen LogP contribution >= 0.6 is 0 Å². The van der Waals surface area contributed by atoms with E-state index in [0.29, 0.717) is 11.8 Å². The van der Waals surface area contributed by atoms with E-state index < -0.39 is 0 Å². The van der Waals surface area contributed by atoms with E-state index in [0.717, 1.165) is 0 Å². The van der Waals surface area contributed by atoms with Gasteiger partial charge in [-0.3, -0.25) is 0 Å². The molecular weight excluding hydrogens is 504 g/mol. The predicted octanol–water partition coefficient (Wildman–Crippen LogP) is 11.3. The molecule has 42 heavy (non-hydrogen) atoms. The van der Waals surface area contributed by atoms with Crippen LogP contribution in [0.1, 0.15) is 122 Å². The molecule has 0 atom stereocenters. The lowest BCUT2D eigenvalue weighted by Crippen LogP contribution is -2.43. The van der Waals surface area contributed by atoms with Gasteiger partial charge in [0.2, 0.25) is 0 Å². The molecule has 3 aliphatic rings. The highest BCUT2D eigenvalue weighted by Gasteiger charge is 2.67. The van der Waals surface area contributed by atoms with Crippen molar-refractivity contribution < 1.29 is 0 Å². The van der Waals surface area contributed by atoms with Gasteiger partial charge in [-0.05, 0) is 122 Å². The second-order valence-corrected chi connectivity index (χ2v) is 14.2. The van der Waals surface area contributed by atoms with Crippen molar-refractivity contribution in [2.75, 3.05) is 0 Å². The molecule has 0 amide bonds. The summed E-state index contributed by atoms with van der Waals surface area (Å²) in [5, 5.41) is 0. The Balaban J connectivity index is 1.34. The van der Waals surface area contributed by atoms with E-state index in [1.165, 1.54) is 97.6 Å². The molecule has 0 bridgehead atoms. The first kappa shape index (κ1) is 27.7. The average Bonchev–Trinajstić information content (AvgIpc) is 3.52. The highest BCUT2D eigenvalue weighted by molar-refractivity contribution is 5.80. The van der Waals surface area contributed by atoms with Crippen molar-refractivity contribution in [1.29, 1.82) is 0 Å². The summed E-state index contributed by atoms with van der Waals surface area (Å²) in [5.41, 5.74) is 15.5. The molecule has 2 fully saturated rings. The minimum absolute atomic E-state index is 0.173. The third-order valence-corrected chi connectivity index (χ3v) is 11.5. The fourth-order valence-corrected chi connectivity index (χ4v) is 9.45. The van der Waals surface area contributed by atoms with Crippen LogP contribution in [0.3, 0.4) is 0 Å². The Kier molecular flexibility index (Phi) is 7.16. The first-order chi connectivity index (χ1) is 20.5. The van der Waals surface area contributed by atoms with Crippen LogP contribution in [0.25, 0.3) is 11.1 Å². The Labute approximate surface area is 254 Å². The molecule has 0 aromatic heterocycles. The standard InChI is InChI=1S/C42H48/c1-5-7-9-31-13-17-33(18-14-31)35-25-41-27-36(34-19-15-32(16-20-34)10-8-6-2)28-42(41,26-35)40-24-30(4)12-22-38(40)37-21-11-29(3)23-39(37)41/h11-24,35-36H,5-10,25-28H2,1-4H3. The van der Waals surface area contributed by atoms with Crippen LogP contribution in [0, 0.1) is 13.8 Å². The molecule has 0 aliphatic heterocycles. The van der Waals surface area contributed by atoms with Crippen molar-refractivity contribution in [1.82, 2.24) is 0 Å². The third-order valence-electron chi connectivity index (χ3n) is 11.5. The lowest BCUT2D eigenvalue weighted by molar-refractivity contribution is 0.299. The van der Waals surface area contributed by atoms with E-state index in [4.69, 9.17) is 0 Å². The first-order valence-corrected chi connectivity index (χ1v) is 16.9. The van der Waals surface area contributed by atoms with E-state index in [2.05, 4.69) is 113 Å². The molecule has 7 rings (SSSR count). The highest BCUT2D eigenvalue weighted by Crippen LogP contribution is 2.74. The minimum Gasteiger partial charge on any atom is -0.0654 e. The predicted molar refractivity (Wildman–Crippen MR) is 179 cm³/mol. The van der Waals surface area contributed by atoms with Gasteiger partial charge in [0.1, 0.15) is 0 Å². The van der Waals surface area contributed by atoms with Crippen molar-refractivity contribution in [2.24, 2.45) is 0 Å². The van der Waals surface area contributed by atoms with Crippen molar-refractivity contribution >= 4 is 0 Å². The number of fused-ring (bicyclic) bond motifs is 3. The van der Waals surface area contributed by atoms with Gasteiger partial charge >= 0.3 is 0 Å². The molecule has 0 spiro atoms. The number of hydrogen-bond donors (Lipinski definition) is 0. The molecule has 0 N–H and O–H groups in total. The second kappa shape index (κ2) is 10.9. The van der Waals surface area contributed by atoms with Crippen molar-refractivity contribution in [3.05, 3.63) is 129 Å². The summed E-state index contributed by atoms with van der Waals surface area (Å²) in [5.74, 6) is 1.20. The molecular formula is C42H48. The SMILES string of the molecule is CCCCc1ccc(C2CC34CC(c5ccc(CCCC)cc5)CC3(C2)c2cc(C)ccc2-c2ccc(C)cc24)cc1. The Bertz CT molecular complexity index is 1430. The largest absolute Gasteiger partial charge is 0.0654 e. The maximum atomic E-state index is 2.58. The molecule has 0 unspecified atom stereocenters. The van der Waals surface area contributed by atoms with E-state index in [1.807, 2.05) is 0 Å². The fourth-order valence-electron chi connectivity index (χ4n) is 9.45. The van der Waals surface area contributed by atoms with Crippen LogP contribution in [0.2, 0.25) is 0 Å². The summed E-state index contributed by atoms with van der Waals surface area (Å²) in [6.45, 7) is 9.18. The molecule has 3 aliphatic carbocycles. The minimum atomic E-state index is 0.173. The van der Waals surface area contributed by atoms with Crippen LogP contribution in [0.5, 0.6) is 0 Å². The van der Waals surface area contributed by atoms with Gasteiger partial charge < -0.3 is 0 Å². The highest BCUT2D eigenvalue weighted by atomic mass is 14.7.